The Hall–Kier alpha value is -1.13. The van der Waals surface area contributed by atoms with E-state index in [-0.39, 0.29) is 18.5 Å². The minimum atomic E-state index is -0.256. The van der Waals surface area contributed by atoms with Crippen LogP contribution in [0.15, 0.2) is 18.2 Å². The van der Waals surface area contributed by atoms with Crippen molar-refractivity contribution in [2.75, 3.05) is 20.3 Å². The van der Waals surface area contributed by atoms with E-state index in [0.717, 1.165) is 5.56 Å². The minimum absolute atomic E-state index is 0.0737. The van der Waals surface area contributed by atoms with Crippen molar-refractivity contribution < 1.29 is 14.2 Å². The third-order valence-electron chi connectivity index (χ3n) is 3.04. The van der Waals surface area contributed by atoms with Gasteiger partial charge in [-0.15, -0.1) is 0 Å². The standard InChI is InChI=1S/C14H22FNO2/c1-10(2)13(9-17)16-7-6-11-8-12(15)4-5-14(11)18-3/h4-5,8,10,13,16-17H,6-7,9H2,1-3H3. The lowest BCUT2D eigenvalue weighted by Crippen LogP contribution is -2.38. The maximum atomic E-state index is 13.1. The molecular formula is C14H22FNO2. The molecule has 0 aromatic heterocycles. The summed E-state index contributed by atoms with van der Waals surface area (Å²) in [5, 5.41) is 12.5. The molecule has 2 N–H and O–H groups in total. The molecule has 4 heteroatoms. The molecule has 1 rings (SSSR count). The lowest BCUT2D eigenvalue weighted by Gasteiger charge is -2.20. The molecule has 1 atom stereocenters. The third-order valence-corrected chi connectivity index (χ3v) is 3.04. The summed E-state index contributed by atoms with van der Waals surface area (Å²) in [6, 6.07) is 4.59. The van der Waals surface area contributed by atoms with E-state index in [1.54, 1.807) is 13.2 Å². The number of rotatable bonds is 7. The third kappa shape index (κ3) is 4.27. The molecule has 0 bridgehead atoms. The highest BCUT2D eigenvalue weighted by Crippen LogP contribution is 2.19. The molecule has 3 nitrogen and oxygen atoms in total. The Kier molecular flexibility index (Phi) is 6.09. The Balaban J connectivity index is 2.55. The van der Waals surface area contributed by atoms with Gasteiger partial charge in [0, 0.05) is 6.04 Å². The topological polar surface area (TPSA) is 41.5 Å². The van der Waals surface area contributed by atoms with Gasteiger partial charge in [0.05, 0.1) is 13.7 Å². The van der Waals surface area contributed by atoms with Crippen LogP contribution in [0, 0.1) is 11.7 Å². The normalized spacial score (nSPS) is 12.8. The zero-order chi connectivity index (χ0) is 13.5. The average Bonchev–Trinajstić information content (AvgIpc) is 2.34. The predicted molar refractivity (Wildman–Crippen MR) is 70.4 cm³/mol. The smallest absolute Gasteiger partial charge is 0.123 e. The maximum Gasteiger partial charge on any atom is 0.123 e. The maximum absolute atomic E-state index is 13.1. The second kappa shape index (κ2) is 7.34. The van der Waals surface area contributed by atoms with Gasteiger partial charge in [-0.1, -0.05) is 13.8 Å². The van der Waals surface area contributed by atoms with Gasteiger partial charge < -0.3 is 15.2 Å². The number of ether oxygens (including phenoxy) is 1. The second-order valence-electron chi connectivity index (χ2n) is 4.69. The molecule has 0 radical (unpaired) electrons. The summed E-state index contributed by atoms with van der Waals surface area (Å²) in [6.07, 6.45) is 0.671. The fourth-order valence-corrected chi connectivity index (χ4v) is 1.85. The van der Waals surface area contributed by atoms with Gasteiger partial charge in [0.25, 0.3) is 0 Å². The van der Waals surface area contributed by atoms with Crippen LogP contribution in [-0.4, -0.2) is 31.4 Å². The molecule has 1 unspecified atom stereocenters. The van der Waals surface area contributed by atoms with Gasteiger partial charge in [-0.05, 0) is 42.6 Å². The van der Waals surface area contributed by atoms with Gasteiger partial charge in [-0.2, -0.15) is 0 Å². The number of methoxy groups -OCH3 is 1. The van der Waals surface area contributed by atoms with Gasteiger partial charge in [-0.25, -0.2) is 4.39 Å². The molecule has 1 aromatic carbocycles. The van der Waals surface area contributed by atoms with Crippen LogP contribution in [0.5, 0.6) is 5.75 Å². The number of aliphatic hydroxyl groups is 1. The molecule has 0 spiro atoms. The van der Waals surface area contributed by atoms with Crippen molar-refractivity contribution in [1.82, 2.24) is 5.32 Å². The number of nitrogens with one attached hydrogen (secondary N) is 1. The summed E-state index contributed by atoms with van der Waals surface area (Å²) in [5.41, 5.74) is 0.838. The second-order valence-corrected chi connectivity index (χ2v) is 4.69. The molecule has 102 valence electrons. The van der Waals surface area contributed by atoms with Crippen LogP contribution in [0.4, 0.5) is 4.39 Å². The number of hydrogen-bond acceptors (Lipinski definition) is 3. The lowest BCUT2D eigenvalue weighted by atomic mass is 10.0. The van der Waals surface area contributed by atoms with Crippen LogP contribution >= 0.6 is 0 Å². The summed E-state index contributed by atoms with van der Waals surface area (Å²) in [6.45, 7) is 4.90. The summed E-state index contributed by atoms with van der Waals surface area (Å²) in [7, 11) is 1.58. The zero-order valence-corrected chi connectivity index (χ0v) is 11.2. The average molecular weight is 255 g/mol. The molecule has 0 aliphatic carbocycles. The first-order valence-corrected chi connectivity index (χ1v) is 6.25. The SMILES string of the molecule is COc1ccc(F)cc1CCNC(CO)C(C)C. The Morgan fingerprint density at radius 2 is 2.11 bits per heavy atom. The van der Waals surface area contributed by atoms with Crippen LogP contribution in [0.1, 0.15) is 19.4 Å². The molecule has 0 heterocycles. The van der Waals surface area contributed by atoms with Gasteiger partial charge in [-0.3, -0.25) is 0 Å². The van der Waals surface area contributed by atoms with Gasteiger partial charge >= 0.3 is 0 Å². The first kappa shape index (κ1) is 14.9. The number of hydrogen-bond donors (Lipinski definition) is 2. The van der Waals surface area contributed by atoms with Crippen LogP contribution in [-0.2, 0) is 6.42 Å². The van der Waals surface area contributed by atoms with Crippen LogP contribution in [0.3, 0.4) is 0 Å². The summed E-state index contributed by atoms with van der Waals surface area (Å²) < 4.78 is 18.3. The van der Waals surface area contributed by atoms with Crippen LogP contribution < -0.4 is 10.1 Å². The van der Waals surface area contributed by atoms with E-state index in [0.29, 0.717) is 24.6 Å². The van der Waals surface area contributed by atoms with Crippen molar-refractivity contribution in [1.29, 1.82) is 0 Å². The molecule has 0 aliphatic heterocycles. The van der Waals surface area contributed by atoms with Gasteiger partial charge in [0.2, 0.25) is 0 Å². The Morgan fingerprint density at radius 3 is 2.67 bits per heavy atom. The first-order valence-electron chi connectivity index (χ1n) is 6.25. The Morgan fingerprint density at radius 1 is 1.39 bits per heavy atom. The molecule has 1 aromatic rings. The van der Waals surface area contributed by atoms with Gasteiger partial charge in [0.1, 0.15) is 11.6 Å². The quantitative estimate of drug-likeness (QED) is 0.783. The molecule has 0 amide bonds. The number of benzene rings is 1. The monoisotopic (exact) mass is 255 g/mol. The van der Waals surface area contributed by atoms with Gasteiger partial charge in [0.15, 0.2) is 0 Å². The van der Waals surface area contributed by atoms with Crippen molar-refractivity contribution in [3.63, 3.8) is 0 Å². The lowest BCUT2D eigenvalue weighted by molar-refractivity contribution is 0.211. The highest BCUT2D eigenvalue weighted by molar-refractivity contribution is 5.34. The fraction of sp³-hybridized carbons (Fsp3) is 0.571. The molecule has 0 fully saturated rings. The van der Waals surface area contributed by atoms with Crippen LogP contribution in [0.25, 0.3) is 0 Å². The molecule has 0 saturated carbocycles. The zero-order valence-electron chi connectivity index (χ0n) is 11.2. The Bertz CT molecular complexity index is 369. The van der Waals surface area contributed by atoms with E-state index in [1.807, 2.05) is 0 Å². The first-order chi connectivity index (χ1) is 8.58. The summed E-state index contributed by atoms with van der Waals surface area (Å²) in [5.74, 6) is 0.807. The van der Waals surface area contributed by atoms with E-state index in [1.165, 1.54) is 12.1 Å². The predicted octanol–water partition coefficient (Wildman–Crippen LogP) is 1.98. The number of halogens is 1. The largest absolute Gasteiger partial charge is 0.496 e. The fourth-order valence-electron chi connectivity index (χ4n) is 1.85. The van der Waals surface area contributed by atoms with E-state index in [2.05, 4.69) is 19.2 Å². The summed E-state index contributed by atoms with van der Waals surface area (Å²) in [4.78, 5) is 0. The van der Waals surface area contributed by atoms with Crippen molar-refractivity contribution in [3.05, 3.63) is 29.6 Å². The van der Waals surface area contributed by atoms with Crippen molar-refractivity contribution in [2.24, 2.45) is 5.92 Å². The number of aliphatic hydroxyl groups excluding tert-OH is 1. The highest BCUT2D eigenvalue weighted by Gasteiger charge is 2.11. The van der Waals surface area contributed by atoms with E-state index >= 15 is 0 Å². The molecule has 0 saturated heterocycles. The van der Waals surface area contributed by atoms with Crippen LogP contribution in [0.2, 0.25) is 0 Å². The van der Waals surface area contributed by atoms with E-state index < -0.39 is 0 Å². The van der Waals surface area contributed by atoms with E-state index in [4.69, 9.17) is 4.74 Å². The highest BCUT2D eigenvalue weighted by atomic mass is 19.1. The molecule has 0 aliphatic rings. The Labute approximate surface area is 108 Å². The van der Waals surface area contributed by atoms with Crippen molar-refractivity contribution in [3.8, 4) is 5.75 Å². The van der Waals surface area contributed by atoms with Crippen molar-refractivity contribution >= 4 is 0 Å². The minimum Gasteiger partial charge on any atom is -0.496 e. The van der Waals surface area contributed by atoms with E-state index in [9.17, 15) is 9.50 Å². The summed E-state index contributed by atoms with van der Waals surface area (Å²) >= 11 is 0. The van der Waals surface area contributed by atoms with Crippen molar-refractivity contribution in [2.45, 2.75) is 26.3 Å². The molecule has 18 heavy (non-hydrogen) atoms. The molecular weight excluding hydrogens is 233 g/mol.